The normalized spacial score (nSPS) is 23.2. The van der Waals surface area contributed by atoms with Gasteiger partial charge in [0.25, 0.3) is 0 Å². The van der Waals surface area contributed by atoms with E-state index in [0.29, 0.717) is 12.4 Å². The second-order valence-electron chi connectivity index (χ2n) is 7.37. The molecule has 31 heavy (non-hydrogen) atoms. The Morgan fingerprint density at radius 3 is 2.77 bits per heavy atom. The van der Waals surface area contributed by atoms with Crippen molar-refractivity contribution >= 4 is 17.9 Å². The standard InChI is InChI=1S/C18H21F3N8O2/c19-18(20,21)13(22)8-25-15(30)11-2-3-12-14(26-11)29(10-4-7-28(12)9-10)17(31)27-16-23-5-1-6-24-16/h1-3,5-6,10-11,13,26H,4,7-9,22H2,(H,25,30)(H,23,24,27,31)/t10-,11?,13?/m0/s1. The molecule has 13 heteroatoms. The van der Waals surface area contributed by atoms with Crippen molar-refractivity contribution in [1.82, 2.24) is 30.4 Å². The van der Waals surface area contributed by atoms with E-state index in [0.717, 1.165) is 18.7 Å². The molecule has 0 radical (unpaired) electrons. The van der Waals surface area contributed by atoms with Gasteiger partial charge in [-0.15, -0.1) is 0 Å². The van der Waals surface area contributed by atoms with Crippen LogP contribution in [0.25, 0.3) is 0 Å². The van der Waals surface area contributed by atoms with E-state index in [-0.39, 0.29) is 12.0 Å². The van der Waals surface area contributed by atoms with Crippen molar-refractivity contribution in [3.63, 3.8) is 0 Å². The van der Waals surface area contributed by atoms with E-state index in [4.69, 9.17) is 5.73 Å². The predicted molar refractivity (Wildman–Crippen MR) is 103 cm³/mol. The molecule has 4 rings (SSSR count). The van der Waals surface area contributed by atoms with E-state index in [2.05, 4.69) is 30.8 Å². The molecule has 0 aromatic carbocycles. The van der Waals surface area contributed by atoms with Crippen LogP contribution in [-0.2, 0) is 4.79 Å². The number of allylic oxidation sites excluding steroid dienone is 1. The Morgan fingerprint density at radius 1 is 1.32 bits per heavy atom. The minimum absolute atomic E-state index is 0.135. The summed E-state index contributed by atoms with van der Waals surface area (Å²) >= 11 is 0. The number of nitrogens with two attached hydrogens (primary N) is 1. The molecule has 2 unspecified atom stereocenters. The molecule has 0 spiro atoms. The van der Waals surface area contributed by atoms with Crippen molar-refractivity contribution in [3.8, 4) is 0 Å². The highest BCUT2D eigenvalue weighted by molar-refractivity contribution is 5.90. The van der Waals surface area contributed by atoms with Crippen LogP contribution in [0.15, 0.2) is 42.1 Å². The highest BCUT2D eigenvalue weighted by Gasteiger charge is 2.43. The maximum atomic E-state index is 13.0. The van der Waals surface area contributed by atoms with Crippen molar-refractivity contribution in [1.29, 1.82) is 0 Å². The molecule has 2 bridgehead atoms. The zero-order chi connectivity index (χ0) is 22.2. The number of carbonyl (C=O) groups is 2. The van der Waals surface area contributed by atoms with Gasteiger partial charge in [0, 0.05) is 32.0 Å². The number of aromatic nitrogens is 2. The lowest BCUT2D eigenvalue weighted by atomic mass is 10.1. The van der Waals surface area contributed by atoms with Crippen LogP contribution < -0.4 is 21.7 Å². The molecule has 1 saturated heterocycles. The first-order valence-corrected chi connectivity index (χ1v) is 9.65. The van der Waals surface area contributed by atoms with Crippen LogP contribution in [-0.4, -0.2) is 75.6 Å². The number of carbonyl (C=O) groups excluding carboxylic acids is 2. The highest BCUT2D eigenvalue weighted by atomic mass is 19.4. The molecule has 4 heterocycles. The van der Waals surface area contributed by atoms with Crippen LogP contribution in [0.3, 0.4) is 0 Å². The van der Waals surface area contributed by atoms with Gasteiger partial charge in [0.15, 0.2) is 0 Å². The van der Waals surface area contributed by atoms with Gasteiger partial charge in [0.1, 0.15) is 17.9 Å². The molecule has 3 amide bonds. The van der Waals surface area contributed by atoms with Crippen molar-refractivity contribution < 1.29 is 22.8 Å². The SMILES string of the molecule is NC(CNC(=O)C1C=CC2=C(N1)N(C(=O)Nc1ncccn1)[C@H]1CCN2C1)C(F)(F)F. The summed E-state index contributed by atoms with van der Waals surface area (Å²) < 4.78 is 37.8. The number of rotatable bonds is 4. The lowest BCUT2D eigenvalue weighted by Crippen LogP contribution is -2.57. The average molecular weight is 438 g/mol. The largest absolute Gasteiger partial charge is 0.405 e. The number of halogens is 3. The molecule has 10 nitrogen and oxygen atoms in total. The Hall–Kier alpha value is -3.35. The summed E-state index contributed by atoms with van der Waals surface area (Å²) in [6.45, 7) is 0.619. The van der Waals surface area contributed by atoms with Gasteiger partial charge in [-0.25, -0.2) is 14.8 Å². The van der Waals surface area contributed by atoms with Crippen molar-refractivity contribution in [2.24, 2.45) is 5.73 Å². The third kappa shape index (κ3) is 4.26. The van der Waals surface area contributed by atoms with Gasteiger partial charge in [-0.05, 0) is 18.6 Å². The monoisotopic (exact) mass is 438 g/mol. The third-order valence-corrected chi connectivity index (χ3v) is 5.29. The Labute approximate surface area is 175 Å². The number of alkyl halides is 3. The first kappa shape index (κ1) is 20.9. The Kier molecular flexibility index (Phi) is 5.43. The highest BCUT2D eigenvalue weighted by Crippen LogP contribution is 2.33. The minimum Gasteiger partial charge on any atom is -0.366 e. The molecule has 3 atom stereocenters. The molecular weight excluding hydrogens is 417 g/mol. The first-order valence-electron chi connectivity index (χ1n) is 9.65. The predicted octanol–water partition coefficient (Wildman–Crippen LogP) is 0.101. The number of nitrogens with one attached hydrogen (secondary N) is 3. The summed E-state index contributed by atoms with van der Waals surface area (Å²) in [4.78, 5) is 37.0. The number of amides is 3. The van der Waals surface area contributed by atoms with E-state index in [1.165, 1.54) is 17.3 Å². The van der Waals surface area contributed by atoms with Crippen LogP contribution in [0.1, 0.15) is 6.42 Å². The lowest BCUT2D eigenvalue weighted by molar-refractivity contribution is -0.147. The third-order valence-electron chi connectivity index (χ3n) is 5.29. The molecule has 5 N–H and O–H groups in total. The maximum Gasteiger partial charge on any atom is 0.405 e. The smallest absolute Gasteiger partial charge is 0.366 e. The fourth-order valence-electron chi connectivity index (χ4n) is 3.71. The average Bonchev–Trinajstić information content (AvgIpc) is 3.15. The van der Waals surface area contributed by atoms with Crippen molar-refractivity contribution in [2.45, 2.75) is 30.7 Å². The summed E-state index contributed by atoms with van der Waals surface area (Å²) in [5, 5.41) is 7.81. The number of urea groups is 1. The van der Waals surface area contributed by atoms with Crippen LogP contribution in [0, 0.1) is 0 Å². The van der Waals surface area contributed by atoms with Crippen molar-refractivity contribution in [2.75, 3.05) is 25.0 Å². The number of dihydropyridines is 1. The molecule has 3 aliphatic heterocycles. The maximum absolute atomic E-state index is 13.0. The summed E-state index contributed by atoms with van der Waals surface area (Å²) in [6, 6.07) is -2.10. The molecule has 166 valence electrons. The van der Waals surface area contributed by atoms with Crippen LogP contribution in [0.2, 0.25) is 0 Å². The number of anilines is 1. The number of hydrogen-bond donors (Lipinski definition) is 4. The van der Waals surface area contributed by atoms with E-state index >= 15 is 0 Å². The zero-order valence-corrected chi connectivity index (χ0v) is 16.3. The molecule has 1 aromatic heterocycles. The molecule has 1 fully saturated rings. The topological polar surface area (TPSA) is 129 Å². The number of fused-ring (bicyclic) bond motifs is 3. The van der Waals surface area contributed by atoms with Crippen LogP contribution in [0.4, 0.5) is 23.9 Å². The molecule has 0 aliphatic carbocycles. The number of nitrogens with zero attached hydrogens (tertiary/aromatic N) is 4. The van der Waals surface area contributed by atoms with E-state index < -0.39 is 36.7 Å². The second-order valence-corrected chi connectivity index (χ2v) is 7.37. The van der Waals surface area contributed by atoms with E-state index in [1.54, 1.807) is 18.2 Å². The van der Waals surface area contributed by atoms with E-state index in [9.17, 15) is 22.8 Å². The quantitative estimate of drug-likeness (QED) is 0.525. The van der Waals surface area contributed by atoms with Gasteiger partial charge in [-0.1, -0.05) is 6.08 Å². The van der Waals surface area contributed by atoms with Gasteiger partial charge < -0.3 is 21.3 Å². The summed E-state index contributed by atoms with van der Waals surface area (Å²) in [5.74, 6) is -0.135. The summed E-state index contributed by atoms with van der Waals surface area (Å²) in [6.07, 6.45) is 2.34. The molecule has 1 aromatic rings. The van der Waals surface area contributed by atoms with Gasteiger partial charge >= 0.3 is 12.2 Å². The second kappa shape index (κ2) is 8.06. The van der Waals surface area contributed by atoms with Gasteiger partial charge in [-0.3, -0.25) is 15.0 Å². The molecule has 0 saturated carbocycles. The van der Waals surface area contributed by atoms with Crippen molar-refractivity contribution in [3.05, 3.63) is 42.1 Å². The summed E-state index contributed by atoms with van der Waals surface area (Å²) in [5.41, 5.74) is 5.78. The van der Waals surface area contributed by atoms with Crippen LogP contribution >= 0.6 is 0 Å². The van der Waals surface area contributed by atoms with Crippen LogP contribution in [0.5, 0.6) is 0 Å². The van der Waals surface area contributed by atoms with Gasteiger partial charge in [0.2, 0.25) is 11.9 Å². The van der Waals surface area contributed by atoms with Gasteiger partial charge in [-0.2, -0.15) is 13.2 Å². The first-order chi connectivity index (χ1) is 14.7. The molecule has 3 aliphatic rings. The zero-order valence-electron chi connectivity index (χ0n) is 16.3. The minimum atomic E-state index is -4.61. The Balaban J connectivity index is 1.48. The lowest BCUT2D eigenvalue weighted by Gasteiger charge is -2.40. The molecular formula is C18H21F3N8O2. The van der Waals surface area contributed by atoms with E-state index in [1.807, 2.05) is 0 Å². The Bertz CT molecular complexity index is 920. The van der Waals surface area contributed by atoms with Gasteiger partial charge in [0.05, 0.1) is 11.7 Å². The fraction of sp³-hybridized carbons (Fsp3) is 0.444. The summed E-state index contributed by atoms with van der Waals surface area (Å²) in [7, 11) is 0. The fourth-order valence-corrected chi connectivity index (χ4v) is 3.71. The number of hydrogen-bond acceptors (Lipinski definition) is 7. The Morgan fingerprint density at radius 2 is 2.06 bits per heavy atom.